The van der Waals surface area contributed by atoms with E-state index in [1.54, 1.807) is 18.3 Å². The summed E-state index contributed by atoms with van der Waals surface area (Å²) >= 11 is 5.87. The number of amidine groups is 1. The van der Waals surface area contributed by atoms with Crippen molar-refractivity contribution in [2.45, 2.75) is 13.0 Å². The molecule has 0 spiro atoms. The van der Waals surface area contributed by atoms with Crippen molar-refractivity contribution < 1.29 is 9.25 Å². The smallest absolute Gasteiger partial charge is 0.235 e. The van der Waals surface area contributed by atoms with Crippen molar-refractivity contribution in [2.24, 2.45) is 10.9 Å². The number of rotatable bonds is 6. The number of hydrogen-bond acceptors (Lipinski definition) is 4. The number of oxazole rings is 1. The molecule has 2 aromatic carbocycles. The summed E-state index contributed by atoms with van der Waals surface area (Å²) in [5, 5.41) is 4.56. The normalized spacial score (nSPS) is 11.5. The van der Waals surface area contributed by atoms with Crippen LogP contribution in [0.3, 0.4) is 0 Å². The Hall–Kier alpha value is -2.79. The molecule has 0 unspecified atom stereocenters. The van der Waals surface area contributed by atoms with Gasteiger partial charge >= 0.3 is 0 Å². The van der Waals surface area contributed by atoms with E-state index >= 15 is 0 Å². The van der Waals surface area contributed by atoms with Gasteiger partial charge in [-0.2, -0.15) is 0 Å². The maximum absolute atomic E-state index is 5.87. The minimum absolute atomic E-state index is 0.114. The molecule has 5 nitrogen and oxygen atoms in total. The van der Waals surface area contributed by atoms with Gasteiger partial charge in [0.2, 0.25) is 5.89 Å². The molecule has 1 aromatic heterocycles. The van der Waals surface area contributed by atoms with Crippen molar-refractivity contribution in [1.29, 1.82) is 0 Å². The first-order valence-corrected chi connectivity index (χ1v) is 7.77. The van der Waals surface area contributed by atoms with Crippen LogP contribution in [0.4, 0.5) is 0 Å². The summed E-state index contributed by atoms with van der Waals surface area (Å²) in [7, 11) is 0. The van der Waals surface area contributed by atoms with Crippen LogP contribution >= 0.6 is 11.6 Å². The third-order valence-electron chi connectivity index (χ3n) is 3.28. The van der Waals surface area contributed by atoms with Crippen molar-refractivity contribution in [3.63, 3.8) is 0 Å². The van der Waals surface area contributed by atoms with E-state index in [4.69, 9.17) is 26.6 Å². The first-order chi connectivity index (χ1) is 11.7. The van der Waals surface area contributed by atoms with Crippen molar-refractivity contribution in [3.05, 3.63) is 77.3 Å². The summed E-state index contributed by atoms with van der Waals surface area (Å²) in [5.41, 5.74) is 7.81. The summed E-state index contributed by atoms with van der Waals surface area (Å²) in [6, 6.07) is 17.1. The van der Waals surface area contributed by atoms with Crippen LogP contribution in [-0.2, 0) is 17.9 Å². The van der Waals surface area contributed by atoms with E-state index in [1.165, 1.54) is 0 Å². The lowest BCUT2D eigenvalue weighted by Gasteiger charge is -2.01. The molecule has 3 rings (SSSR count). The molecule has 122 valence electrons. The SMILES string of the molecule is N/C(Cc1ccccc1)=N\OCc1ncc(-c2ccc(Cl)cc2)o1. The van der Waals surface area contributed by atoms with Crippen LogP contribution in [0.15, 0.2) is 70.4 Å². The van der Waals surface area contributed by atoms with Crippen molar-refractivity contribution in [3.8, 4) is 11.3 Å². The zero-order chi connectivity index (χ0) is 16.8. The third kappa shape index (κ3) is 4.36. The van der Waals surface area contributed by atoms with Gasteiger partial charge in [-0.05, 0) is 29.8 Å². The van der Waals surface area contributed by atoms with Gasteiger partial charge in [0, 0.05) is 17.0 Å². The Balaban J connectivity index is 1.55. The zero-order valence-corrected chi connectivity index (χ0v) is 13.6. The summed E-state index contributed by atoms with van der Waals surface area (Å²) in [6.07, 6.45) is 2.17. The maximum atomic E-state index is 5.87. The predicted molar refractivity (Wildman–Crippen MR) is 93.5 cm³/mol. The van der Waals surface area contributed by atoms with Gasteiger partial charge < -0.3 is 15.0 Å². The van der Waals surface area contributed by atoms with Crippen LogP contribution in [0, 0.1) is 0 Å². The molecule has 3 aromatic rings. The predicted octanol–water partition coefficient (Wildman–Crippen LogP) is 4.03. The van der Waals surface area contributed by atoms with Gasteiger partial charge in [-0.25, -0.2) is 4.98 Å². The van der Waals surface area contributed by atoms with E-state index in [9.17, 15) is 0 Å². The van der Waals surface area contributed by atoms with Crippen LogP contribution in [-0.4, -0.2) is 10.8 Å². The van der Waals surface area contributed by atoms with E-state index < -0.39 is 0 Å². The lowest BCUT2D eigenvalue weighted by atomic mass is 10.1. The summed E-state index contributed by atoms with van der Waals surface area (Å²) in [6.45, 7) is 0.114. The van der Waals surface area contributed by atoms with Gasteiger partial charge in [0.1, 0.15) is 5.84 Å². The Bertz CT molecular complexity index is 814. The molecule has 2 N–H and O–H groups in total. The minimum atomic E-state index is 0.114. The molecule has 0 aliphatic carbocycles. The number of benzene rings is 2. The second-order valence-corrected chi connectivity index (χ2v) is 5.58. The first-order valence-electron chi connectivity index (χ1n) is 7.39. The molecule has 1 heterocycles. The summed E-state index contributed by atoms with van der Waals surface area (Å²) in [5.74, 6) is 1.47. The third-order valence-corrected chi connectivity index (χ3v) is 3.53. The van der Waals surface area contributed by atoms with E-state index in [0.29, 0.717) is 28.9 Å². The number of nitrogens with zero attached hydrogens (tertiary/aromatic N) is 2. The molecule has 0 aliphatic heterocycles. The second kappa shape index (κ2) is 7.66. The average molecular weight is 342 g/mol. The fourth-order valence-electron chi connectivity index (χ4n) is 2.13. The lowest BCUT2D eigenvalue weighted by Crippen LogP contribution is -2.15. The molecule has 0 atom stereocenters. The van der Waals surface area contributed by atoms with E-state index in [-0.39, 0.29) is 6.61 Å². The Morgan fingerprint density at radius 3 is 2.62 bits per heavy atom. The highest BCUT2D eigenvalue weighted by Gasteiger charge is 2.07. The molecule has 0 saturated heterocycles. The number of nitrogens with two attached hydrogens (primary N) is 1. The quantitative estimate of drug-likeness (QED) is 0.417. The molecule has 0 bridgehead atoms. The lowest BCUT2D eigenvalue weighted by molar-refractivity contribution is 0.110. The minimum Gasteiger partial charge on any atom is -0.437 e. The highest BCUT2D eigenvalue weighted by atomic mass is 35.5. The van der Waals surface area contributed by atoms with E-state index in [0.717, 1.165) is 11.1 Å². The van der Waals surface area contributed by atoms with Gasteiger partial charge in [0.05, 0.1) is 6.20 Å². The Morgan fingerprint density at radius 2 is 1.88 bits per heavy atom. The Kier molecular flexibility index (Phi) is 5.13. The highest BCUT2D eigenvalue weighted by Crippen LogP contribution is 2.22. The standard InChI is InChI=1S/C18H16ClN3O2/c19-15-8-6-14(7-9-15)16-11-21-18(24-16)12-23-22-17(20)10-13-4-2-1-3-5-13/h1-9,11H,10,12H2,(H2,20,22). The van der Waals surface area contributed by atoms with Gasteiger partial charge in [0.15, 0.2) is 12.4 Å². The summed E-state index contributed by atoms with van der Waals surface area (Å²) < 4.78 is 5.62. The number of halogens is 1. The van der Waals surface area contributed by atoms with Crippen molar-refractivity contribution in [2.75, 3.05) is 0 Å². The number of hydrogen-bond donors (Lipinski definition) is 1. The van der Waals surface area contributed by atoms with Crippen LogP contribution in [0.25, 0.3) is 11.3 Å². The van der Waals surface area contributed by atoms with Gasteiger partial charge in [-0.3, -0.25) is 0 Å². The molecular weight excluding hydrogens is 326 g/mol. The molecule has 0 amide bonds. The maximum Gasteiger partial charge on any atom is 0.235 e. The molecule has 24 heavy (non-hydrogen) atoms. The average Bonchev–Trinajstić information content (AvgIpc) is 3.05. The molecular formula is C18H16ClN3O2. The van der Waals surface area contributed by atoms with Gasteiger partial charge in [-0.1, -0.05) is 47.1 Å². The van der Waals surface area contributed by atoms with Crippen molar-refractivity contribution >= 4 is 17.4 Å². The Labute approximate surface area is 144 Å². The van der Waals surface area contributed by atoms with E-state index in [1.807, 2.05) is 42.5 Å². The Morgan fingerprint density at radius 1 is 1.12 bits per heavy atom. The van der Waals surface area contributed by atoms with Gasteiger partial charge in [-0.15, -0.1) is 0 Å². The number of aromatic nitrogens is 1. The largest absolute Gasteiger partial charge is 0.437 e. The molecule has 0 fully saturated rings. The molecule has 0 aliphatic rings. The first kappa shape index (κ1) is 16.1. The van der Waals surface area contributed by atoms with Crippen LogP contribution in [0.1, 0.15) is 11.5 Å². The molecule has 0 radical (unpaired) electrons. The van der Waals surface area contributed by atoms with Crippen LogP contribution in [0.5, 0.6) is 0 Å². The second-order valence-electron chi connectivity index (χ2n) is 5.14. The van der Waals surface area contributed by atoms with Crippen molar-refractivity contribution in [1.82, 2.24) is 4.98 Å². The fraction of sp³-hybridized carbons (Fsp3) is 0.111. The monoisotopic (exact) mass is 341 g/mol. The molecule has 6 heteroatoms. The highest BCUT2D eigenvalue weighted by molar-refractivity contribution is 6.30. The van der Waals surface area contributed by atoms with Crippen LogP contribution in [0.2, 0.25) is 5.02 Å². The number of oxime groups is 1. The van der Waals surface area contributed by atoms with Gasteiger partial charge in [0.25, 0.3) is 0 Å². The van der Waals surface area contributed by atoms with Crippen LogP contribution < -0.4 is 5.73 Å². The fourth-order valence-corrected chi connectivity index (χ4v) is 2.26. The molecule has 0 saturated carbocycles. The summed E-state index contributed by atoms with van der Waals surface area (Å²) in [4.78, 5) is 9.37. The zero-order valence-electron chi connectivity index (χ0n) is 12.9. The topological polar surface area (TPSA) is 73.6 Å². The van der Waals surface area contributed by atoms with E-state index in [2.05, 4.69) is 10.1 Å².